The van der Waals surface area contributed by atoms with E-state index in [1.54, 1.807) is 7.11 Å². The Bertz CT molecular complexity index is 409. The van der Waals surface area contributed by atoms with Crippen LogP contribution in [-0.2, 0) is 0 Å². The first-order valence-electron chi connectivity index (χ1n) is 6.12. The van der Waals surface area contributed by atoms with Crippen molar-refractivity contribution in [3.8, 4) is 5.75 Å². The van der Waals surface area contributed by atoms with Crippen LogP contribution in [0.15, 0.2) is 18.2 Å². The second-order valence-corrected chi connectivity index (χ2v) is 5.17. The van der Waals surface area contributed by atoms with Crippen molar-refractivity contribution in [2.75, 3.05) is 25.1 Å². The standard InChI is InChI=1S/C14H21NO2/c1-5-15-9-12(14(2,3)16)11-8-10(17-4)6-7-13(11)15/h6-8,12,16H,5,9H2,1-4H3. The molecule has 1 N–H and O–H groups in total. The van der Waals surface area contributed by atoms with Crippen LogP contribution in [-0.4, -0.2) is 30.9 Å². The molecular weight excluding hydrogens is 214 g/mol. The van der Waals surface area contributed by atoms with E-state index in [0.29, 0.717) is 0 Å². The Morgan fingerprint density at radius 2 is 2.18 bits per heavy atom. The Labute approximate surface area is 103 Å². The van der Waals surface area contributed by atoms with Crippen LogP contribution in [0.2, 0.25) is 0 Å². The molecule has 0 aliphatic carbocycles. The summed E-state index contributed by atoms with van der Waals surface area (Å²) in [5.41, 5.74) is 1.71. The van der Waals surface area contributed by atoms with Gasteiger partial charge in [0.15, 0.2) is 0 Å². The van der Waals surface area contributed by atoms with Gasteiger partial charge in [-0.1, -0.05) is 0 Å². The van der Waals surface area contributed by atoms with Crippen LogP contribution >= 0.6 is 0 Å². The predicted molar refractivity (Wildman–Crippen MR) is 69.9 cm³/mol. The van der Waals surface area contributed by atoms with Crippen molar-refractivity contribution in [3.05, 3.63) is 23.8 Å². The van der Waals surface area contributed by atoms with Gasteiger partial charge >= 0.3 is 0 Å². The van der Waals surface area contributed by atoms with E-state index in [9.17, 15) is 5.11 Å². The van der Waals surface area contributed by atoms with E-state index >= 15 is 0 Å². The maximum atomic E-state index is 10.3. The SMILES string of the molecule is CCN1CC(C(C)(C)O)c2cc(OC)ccc21. The van der Waals surface area contributed by atoms with Crippen LogP contribution < -0.4 is 9.64 Å². The quantitative estimate of drug-likeness (QED) is 0.873. The zero-order valence-electron chi connectivity index (χ0n) is 11.0. The van der Waals surface area contributed by atoms with Gasteiger partial charge in [0, 0.05) is 24.7 Å². The van der Waals surface area contributed by atoms with Crippen molar-refractivity contribution >= 4 is 5.69 Å². The number of rotatable bonds is 3. The van der Waals surface area contributed by atoms with Gasteiger partial charge in [0.1, 0.15) is 5.75 Å². The van der Waals surface area contributed by atoms with E-state index in [2.05, 4.69) is 17.9 Å². The highest BCUT2D eigenvalue weighted by Gasteiger charge is 2.37. The first kappa shape index (κ1) is 12.2. The summed E-state index contributed by atoms with van der Waals surface area (Å²) < 4.78 is 5.27. The molecule has 1 unspecified atom stereocenters. The van der Waals surface area contributed by atoms with Crippen LogP contribution in [0.5, 0.6) is 5.75 Å². The predicted octanol–water partition coefficient (Wildman–Crippen LogP) is 2.39. The Morgan fingerprint density at radius 3 is 2.71 bits per heavy atom. The molecule has 3 heteroatoms. The number of benzene rings is 1. The zero-order valence-corrected chi connectivity index (χ0v) is 11.0. The van der Waals surface area contributed by atoms with E-state index in [-0.39, 0.29) is 5.92 Å². The van der Waals surface area contributed by atoms with Crippen molar-refractivity contribution in [1.29, 1.82) is 0 Å². The highest BCUT2D eigenvalue weighted by molar-refractivity contribution is 5.63. The number of ether oxygens (including phenoxy) is 1. The third-order valence-electron chi connectivity index (χ3n) is 3.59. The number of aliphatic hydroxyl groups is 1. The fourth-order valence-electron chi connectivity index (χ4n) is 2.55. The summed E-state index contributed by atoms with van der Waals surface area (Å²) in [7, 11) is 1.67. The fraction of sp³-hybridized carbons (Fsp3) is 0.571. The number of methoxy groups -OCH3 is 1. The van der Waals surface area contributed by atoms with Gasteiger partial charge in [0.05, 0.1) is 12.7 Å². The largest absolute Gasteiger partial charge is 0.497 e. The second-order valence-electron chi connectivity index (χ2n) is 5.17. The first-order chi connectivity index (χ1) is 7.97. The highest BCUT2D eigenvalue weighted by Crippen LogP contribution is 2.43. The summed E-state index contributed by atoms with van der Waals surface area (Å²) in [5.74, 6) is 1.00. The molecule has 0 spiro atoms. The summed E-state index contributed by atoms with van der Waals surface area (Å²) in [6.45, 7) is 7.73. The fourth-order valence-corrected chi connectivity index (χ4v) is 2.55. The van der Waals surface area contributed by atoms with Gasteiger partial charge in [0.2, 0.25) is 0 Å². The lowest BCUT2D eigenvalue weighted by molar-refractivity contribution is 0.0548. The van der Waals surface area contributed by atoms with E-state index in [0.717, 1.165) is 18.8 Å². The molecule has 0 saturated heterocycles. The number of hydrogen-bond donors (Lipinski definition) is 1. The van der Waals surface area contributed by atoms with Gasteiger partial charge in [-0.15, -0.1) is 0 Å². The summed E-state index contributed by atoms with van der Waals surface area (Å²) in [6, 6.07) is 6.12. The van der Waals surface area contributed by atoms with E-state index in [4.69, 9.17) is 4.74 Å². The molecule has 94 valence electrons. The summed E-state index contributed by atoms with van der Waals surface area (Å²) in [6.07, 6.45) is 0. The zero-order chi connectivity index (χ0) is 12.6. The average Bonchev–Trinajstić information content (AvgIpc) is 2.66. The molecule has 1 aromatic carbocycles. The average molecular weight is 235 g/mol. The third-order valence-corrected chi connectivity index (χ3v) is 3.59. The maximum absolute atomic E-state index is 10.3. The lowest BCUT2D eigenvalue weighted by Gasteiger charge is -2.26. The molecule has 0 radical (unpaired) electrons. The molecule has 0 amide bonds. The molecule has 1 aliphatic rings. The van der Waals surface area contributed by atoms with E-state index < -0.39 is 5.60 Å². The molecule has 0 saturated carbocycles. The number of nitrogens with zero attached hydrogens (tertiary/aromatic N) is 1. The molecular formula is C14H21NO2. The summed E-state index contributed by atoms with van der Waals surface area (Å²) in [5, 5.41) is 10.3. The minimum absolute atomic E-state index is 0.146. The smallest absolute Gasteiger partial charge is 0.119 e. The minimum atomic E-state index is -0.703. The van der Waals surface area contributed by atoms with Crippen molar-refractivity contribution < 1.29 is 9.84 Å². The molecule has 1 heterocycles. The second kappa shape index (κ2) is 4.22. The maximum Gasteiger partial charge on any atom is 0.119 e. The third kappa shape index (κ3) is 2.12. The van der Waals surface area contributed by atoms with Gasteiger partial charge in [-0.25, -0.2) is 0 Å². The minimum Gasteiger partial charge on any atom is -0.497 e. The number of fused-ring (bicyclic) bond motifs is 1. The normalized spacial score (nSPS) is 19.4. The molecule has 17 heavy (non-hydrogen) atoms. The number of hydrogen-bond acceptors (Lipinski definition) is 3. The molecule has 0 bridgehead atoms. The first-order valence-corrected chi connectivity index (χ1v) is 6.12. The van der Waals surface area contributed by atoms with Gasteiger partial charge in [-0.3, -0.25) is 0 Å². The highest BCUT2D eigenvalue weighted by atomic mass is 16.5. The molecule has 2 rings (SSSR count). The van der Waals surface area contributed by atoms with Crippen LogP contribution in [0.1, 0.15) is 32.3 Å². The molecule has 1 aromatic rings. The topological polar surface area (TPSA) is 32.7 Å². The van der Waals surface area contributed by atoms with Crippen LogP contribution in [0.3, 0.4) is 0 Å². The van der Waals surface area contributed by atoms with Gasteiger partial charge in [0.25, 0.3) is 0 Å². The molecule has 0 fully saturated rings. The van der Waals surface area contributed by atoms with Crippen LogP contribution in [0, 0.1) is 0 Å². The number of likely N-dealkylation sites (N-methyl/N-ethyl adjacent to an activating group) is 1. The summed E-state index contributed by atoms with van der Waals surface area (Å²) >= 11 is 0. The van der Waals surface area contributed by atoms with Crippen molar-refractivity contribution in [2.24, 2.45) is 0 Å². The van der Waals surface area contributed by atoms with E-state index in [1.807, 2.05) is 26.0 Å². The van der Waals surface area contributed by atoms with E-state index in [1.165, 1.54) is 11.3 Å². The molecule has 3 nitrogen and oxygen atoms in total. The Balaban J connectivity index is 2.46. The Kier molecular flexibility index (Phi) is 3.04. The molecule has 0 aromatic heterocycles. The van der Waals surface area contributed by atoms with Crippen molar-refractivity contribution in [3.63, 3.8) is 0 Å². The van der Waals surface area contributed by atoms with Crippen molar-refractivity contribution in [2.45, 2.75) is 32.3 Å². The Morgan fingerprint density at radius 1 is 1.47 bits per heavy atom. The van der Waals surface area contributed by atoms with Gasteiger partial charge < -0.3 is 14.7 Å². The van der Waals surface area contributed by atoms with Crippen molar-refractivity contribution in [1.82, 2.24) is 0 Å². The Hall–Kier alpha value is -1.22. The van der Waals surface area contributed by atoms with Gasteiger partial charge in [-0.2, -0.15) is 0 Å². The van der Waals surface area contributed by atoms with Gasteiger partial charge in [-0.05, 0) is 44.5 Å². The molecule has 1 atom stereocenters. The number of anilines is 1. The molecule has 1 aliphatic heterocycles. The monoisotopic (exact) mass is 235 g/mol. The van der Waals surface area contributed by atoms with Crippen LogP contribution in [0.4, 0.5) is 5.69 Å². The summed E-state index contributed by atoms with van der Waals surface area (Å²) in [4.78, 5) is 2.30. The lowest BCUT2D eigenvalue weighted by Crippen LogP contribution is -2.33. The van der Waals surface area contributed by atoms with Crippen LogP contribution in [0.25, 0.3) is 0 Å². The lowest BCUT2D eigenvalue weighted by atomic mass is 9.86.